The van der Waals surface area contributed by atoms with Gasteiger partial charge in [0.2, 0.25) is 0 Å². The fraction of sp³-hybridized carbons (Fsp3) is 0.143. The number of fused-ring (bicyclic) bond motifs is 1. The van der Waals surface area contributed by atoms with Gasteiger partial charge in [-0.15, -0.1) is 11.6 Å². The lowest BCUT2D eigenvalue weighted by Crippen LogP contribution is -2.07. The fourth-order valence-electron chi connectivity index (χ4n) is 3.30. The molecule has 0 saturated heterocycles. The zero-order valence-corrected chi connectivity index (χ0v) is 16.6. The third-order valence-corrected chi connectivity index (χ3v) is 4.96. The van der Waals surface area contributed by atoms with E-state index in [0.717, 1.165) is 16.7 Å². The zero-order valence-electron chi connectivity index (χ0n) is 15.8. The summed E-state index contributed by atoms with van der Waals surface area (Å²) < 4.78 is 25.6. The molecule has 0 atom stereocenters. The van der Waals surface area contributed by atoms with E-state index in [0.29, 0.717) is 34.2 Å². The van der Waals surface area contributed by atoms with Crippen molar-refractivity contribution in [2.24, 2.45) is 0 Å². The molecule has 8 heteroatoms. The summed E-state index contributed by atoms with van der Waals surface area (Å²) in [4.78, 5) is 4.71. The van der Waals surface area contributed by atoms with E-state index >= 15 is 0 Å². The topological polar surface area (TPSA) is 74.7 Å². The predicted molar refractivity (Wildman–Crippen MR) is 111 cm³/mol. The second-order valence-electron chi connectivity index (χ2n) is 6.32. The van der Waals surface area contributed by atoms with Crippen molar-refractivity contribution in [3.63, 3.8) is 0 Å². The van der Waals surface area contributed by atoms with Gasteiger partial charge in [-0.3, -0.25) is 0 Å². The summed E-state index contributed by atoms with van der Waals surface area (Å²) >= 11 is 6.18. The van der Waals surface area contributed by atoms with Crippen LogP contribution in [-0.2, 0) is 5.88 Å². The number of nitrogens with zero attached hydrogens (tertiary/aromatic N) is 3. The number of hydrogen-bond donors (Lipinski definition) is 1. The summed E-state index contributed by atoms with van der Waals surface area (Å²) in [6.07, 6.45) is 1.69. The van der Waals surface area contributed by atoms with E-state index in [-0.39, 0.29) is 11.7 Å². The van der Waals surface area contributed by atoms with Crippen LogP contribution in [0.15, 0.2) is 48.7 Å². The van der Waals surface area contributed by atoms with Gasteiger partial charge in [0.15, 0.2) is 17.1 Å². The molecule has 0 amide bonds. The molecule has 2 aromatic heterocycles. The van der Waals surface area contributed by atoms with Crippen LogP contribution in [0.5, 0.6) is 11.5 Å². The van der Waals surface area contributed by atoms with Gasteiger partial charge < -0.3 is 15.2 Å². The van der Waals surface area contributed by atoms with E-state index < -0.39 is 0 Å². The summed E-state index contributed by atoms with van der Waals surface area (Å²) in [5.74, 6) is 1.41. The van der Waals surface area contributed by atoms with Crippen molar-refractivity contribution in [3.05, 3.63) is 60.2 Å². The van der Waals surface area contributed by atoms with Crippen LogP contribution in [0.3, 0.4) is 0 Å². The van der Waals surface area contributed by atoms with Crippen LogP contribution >= 0.6 is 11.6 Å². The quantitative estimate of drug-likeness (QED) is 0.487. The second-order valence-corrected chi connectivity index (χ2v) is 6.59. The summed E-state index contributed by atoms with van der Waals surface area (Å²) in [7, 11) is 3.16. The number of halogens is 2. The standard InChI is InChI=1S/C21H18ClFN4O2/c1-28-17-8-5-13(9-18(17)29-2)15-11-25-27-20(24)19(16(10-22)26-21(15)27)12-3-6-14(23)7-4-12/h3-9,11H,10,24H2,1-2H3. The van der Waals surface area contributed by atoms with Crippen LogP contribution in [0.2, 0.25) is 0 Å². The summed E-state index contributed by atoms with van der Waals surface area (Å²) in [6, 6.07) is 11.6. The predicted octanol–water partition coefficient (Wildman–Crippen LogP) is 4.54. The first-order chi connectivity index (χ1) is 14.1. The average molecular weight is 413 g/mol. The Balaban J connectivity index is 1.92. The maximum atomic E-state index is 13.3. The maximum absolute atomic E-state index is 13.3. The number of nitrogens with two attached hydrogens (primary N) is 1. The Bertz CT molecular complexity index is 1190. The number of hydrogen-bond acceptors (Lipinski definition) is 5. The van der Waals surface area contributed by atoms with Crippen LogP contribution in [-0.4, -0.2) is 28.8 Å². The molecule has 0 bridgehead atoms. The summed E-state index contributed by atoms with van der Waals surface area (Å²) in [5.41, 5.74) is 10.5. The van der Waals surface area contributed by atoms with Gasteiger partial charge in [-0.2, -0.15) is 9.61 Å². The zero-order chi connectivity index (χ0) is 20.5. The van der Waals surface area contributed by atoms with E-state index in [1.807, 2.05) is 18.2 Å². The van der Waals surface area contributed by atoms with Gasteiger partial charge in [-0.05, 0) is 35.4 Å². The smallest absolute Gasteiger partial charge is 0.165 e. The van der Waals surface area contributed by atoms with E-state index in [4.69, 9.17) is 31.8 Å². The molecule has 0 aliphatic carbocycles. The molecule has 0 aliphatic heterocycles. The lowest BCUT2D eigenvalue weighted by molar-refractivity contribution is 0.355. The molecule has 0 aliphatic rings. The van der Waals surface area contributed by atoms with Crippen molar-refractivity contribution < 1.29 is 13.9 Å². The summed E-state index contributed by atoms with van der Waals surface area (Å²) in [6.45, 7) is 0. The van der Waals surface area contributed by atoms with Gasteiger partial charge >= 0.3 is 0 Å². The van der Waals surface area contributed by atoms with Crippen LogP contribution in [0.4, 0.5) is 10.2 Å². The van der Waals surface area contributed by atoms with Crippen molar-refractivity contribution in [2.75, 3.05) is 20.0 Å². The highest BCUT2D eigenvalue weighted by Crippen LogP contribution is 2.36. The minimum Gasteiger partial charge on any atom is -0.493 e. The number of alkyl halides is 1. The molecule has 2 N–H and O–H groups in total. The minimum absolute atomic E-state index is 0.143. The van der Waals surface area contributed by atoms with Crippen molar-refractivity contribution in [1.82, 2.24) is 14.6 Å². The van der Waals surface area contributed by atoms with Crippen LogP contribution in [0, 0.1) is 5.82 Å². The SMILES string of the molecule is COc1ccc(-c2cnn3c(N)c(-c4ccc(F)cc4)c(CCl)nc23)cc1OC. The Kier molecular flexibility index (Phi) is 4.98. The summed E-state index contributed by atoms with van der Waals surface area (Å²) in [5, 5.41) is 4.41. The Morgan fingerprint density at radius 1 is 1.03 bits per heavy atom. The van der Waals surface area contributed by atoms with Gasteiger partial charge in [0.05, 0.1) is 32.0 Å². The van der Waals surface area contributed by atoms with E-state index in [2.05, 4.69) is 5.10 Å². The first kappa shape index (κ1) is 19.0. The molecule has 6 nitrogen and oxygen atoms in total. The molecule has 0 unspecified atom stereocenters. The molecule has 0 spiro atoms. The molecular formula is C21H18ClFN4O2. The van der Waals surface area contributed by atoms with Crippen molar-refractivity contribution in [3.8, 4) is 33.8 Å². The van der Waals surface area contributed by atoms with Crippen LogP contribution in [0.1, 0.15) is 5.69 Å². The molecule has 0 fully saturated rings. The third-order valence-electron chi connectivity index (χ3n) is 4.71. The molecule has 2 heterocycles. The Morgan fingerprint density at radius 3 is 2.38 bits per heavy atom. The Labute approximate surface area is 171 Å². The van der Waals surface area contributed by atoms with Crippen LogP contribution < -0.4 is 15.2 Å². The van der Waals surface area contributed by atoms with Gasteiger partial charge in [-0.1, -0.05) is 18.2 Å². The highest BCUT2D eigenvalue weighted by Gasteiger charge is 2.19. The normalized spacial score (nSPS) is 11.0. The number of rotatable bonds is 5. The first-order valence-corrected chi connectivity index (χ1v) is 9.31. The van der Waals surface area contributed by atoms with Gasteiger partial charge in [0.1, 0.15) is 11.6 Å². The highest BCUT2D eigenvalue weighted by molar-refractivity contribution is 6.17. The van der Waals surface area contributed by atoms with E-state index in [9.17, 15) is 4.39 Å². The van der Waals surface area contributed by atoms with Crippen molar-refractivity contribution in [1.29, 1.82) is 0 Å². The lowest BCUT2D eigenvalue weighted by Gasteiger charge is -2.13. The number of benzene rings is 2. The lowest BCUT2D eigenvalue weighted by atomic mass is 10.0. The van der Waals surface area contributed by atoms with Crippen molar-refractivity contribution >= 4 is 23.1 Å². The number of methoxy groups -OCH3 is 2. The molecule has 29 heavy (non-hydrogen) atoms. The molecule has 4 aromatic rings. The van der Waals surface area contributed by atoms with Crippen molar-refractivity contribution in [2.45, 2.75) is 5.88 Å². The number of ether oxygens (including phenoxy) is 2. The molecule has 4 rings (SSSR count). The molecule has 148 valence electrons. The monoisotopic (exact) mass is 412 g/mol. The number of nitrogen functional groups attached to an aromatic ring is 1. The second kappa shape index (κ2) is 7.60. The molecule has 0 radical (unpaired) electrons. The number of anilines is 1. The van der Waals surface area contributed by atoms with E-state index in [1.165, 1.54) is 12.1 Å². The van der Waals surface area contributed by atoms with Gasteiger partial charge in [-0.25, -0.2) is 9.37 Å². The van der Waals surface area contributed by atoms with Gasteiger partial charge in [0, 0.05) is 11.1 Å². The molecular weight excluding hydrogens is 395 g/mol. The number of aromatic nitrogens is 3. The third kappa shape index (κ3) is 3.23. The Hall–Kier alpha value is -3.32. The first-order valence-electron chi connectivity index (χ1n) is 8.77. The minimum atomic E-state index is -0.330. The Morgan fingerprint density at radius 2 is 1.72 bits per heavy atom. The van der Waals surface area contributed by atoms with E-state index in [1.54, 1.807) is 37.1 Å². The molecule has 0 saturated carbocycles. The largest absolute Gasteiger partial charge is 0.493 e. The highest BCUT2D eigenvalue weighted by atomic mass is 35.5. The maximum Gasteiger partial charge on any atom is 0.165 e. The van der Waals surface area contributed by atoms with Gasteiger partial charge in [0.25, 0.3) is 0 Å². The molecule has 2 aromatic carbocycles. The van der Waals surface area contributed by atoms with Crippen LogP contribution in [0.25, 0.3) is 27.9 Å². The fourth-order valence-corrected chi connectivity index (χ4v) is 3.49. The average Bonchev–Trinajstić information content (AvgIpc) is 3.18.